The molecule has 0 radical (unpaired) electrons. The summed E-state index contributed by atoms with van der Waals surface area (Å²) in [6.07, 6.45) is 4.86. The molecule has 120 valence electrons. The third kappa shape index (κ3) is 3.54. The average molecular weight is 312 g/mol. The van der Waals surface area contributed by atoms with Gasteiger partial charge in [0.25, 0.3) is 0 Å². The van der Waals surface area contributed by atoms with E-state index in [0.717, 1.165) is 11.1 Å². The van der Waals surface area contributed by atoms with Crippen LogP contribution in [0.2, 0.25) is 0 Å². The molecule has 1 fully saturated rings. The van der Waals surface area contributed by atoms with Crippen LogP contribution < -0.4 is 11.0 Å². The maximum atomic E-state index is 11.5. The van der Waals surface area contributed by atoms with E-state index in [1.807, 2.05) is 7.05 Å². The molecule has 1 heterocycles. The lowest BCUT2D eigenvalue weighted by molar-refractivity contribution is 0.142. The molecule has 0 bridgehead atoms. The van der Waals surface area contributed by atoms with Crippen molar-refractivity contribution in [3.8, 4) is 0 Å². The van der Waals surface area contributed by atoms with Crippen LogP contribution in [0.4, 0.5) is 0 Å². The Kier molecular flexibility index (Phi) is 5.20. The third-order valence-corrected chi connectivity index (χ3v) is 6.67. The molecule has 0 spiro atoms. The van der Waals surface area contributed by atoms with Crippen molar-refractivity contribution in [2.24, 2.45) is 18.4 Å². The highest BCUT2D eigenvalue weighted by Gasteiger charge is 2.37. The van der Waals surface area contributed by atoms with Crippen molar-refractivity contribution in [2.45, 2.75) is 62.9 Å². The molecule has 2 rings (SSSR count). The predicted octanol–water partition coefficient (Wildman–Crippen LogP) is 2.39. The normalized spacial score (nSPS) is 27.0. The maximum Gasteiger partial charge on any atom is 0.343 e. The van der Waals surface area contributed by atoms with E-state index in [4.69, 9.17) is 0 Å². The van der Waals surface area contributed by atoms with Gasteiger partial charge < -0.3 is 5.32 Å². The van der Waals surface area contributed by atoms with Gasteiger partial charge in [0.2, 0.25) is 0 Å². The molecular formula is C15H28N4OS. The van der Waals surface area contributed by atoms with E-state index >= 15 is 0 Å². The van der Waals surface area contributed by atoms with Crippen LogP contribution in [0.5, 0.6) is 0 Å². The van der Waals surface area contributed by atoms with Crippen LogP contribution in [0.25, 0.3) is 0 Å². The number of thioether (sulfide) groups is 1. The molecule has 0 aliphatic heterocycles. The summed E-state index contributed by atoms with van der Waals surface area (Å²) >= 11 is 1.73. The molecular weight excluding hydrogens is 284 g/mol. The summed E-state index contributed by atoms with van der Waals surface area (Å²) < 4.78 is 1.60. The molecule has 3 atom stereocenters. The van der Waals surface area contributed by atoms with Crippen LogP contribution in [0.15, 0.2) is 9.95 Å². The monoisotopic (exact) mass is 312 g/mol. The first-order chi connectivity index (χ1) is 9.89. The van der Waals surface area contributed by atoms with Crippen LogP contribution in [-0.2, 0) is 7.05 Å². The van der Waals surface area contributed by atoms with Gasteiger partial charge in [-0.25, -0.2) is 9.89 Å². The van der Waals surface area contributed by atoms with Gasteiger partial charge in [-0.3, -0.25) is 4.57 Å². The number of aromatic nitrogens is 3. The number of hydrogen-bond acceptors (Lipinski definition) is 4. The van der Waals surface area contributed by atoms with E-state index in [1.54, 1.807) is 23.4 Å². The Morgan fingerprint density at radius 3 is 2.71 bits per heavy atom. The van der Waals surface area contributed by atoms with Crippen LogP contribution in [0.1, 0.15) is 46.5 Å². The van der Waals surface area contributed by atoms with Crippen LogP contribution in [-0.4, -0.2) is 33.1 Å². The molecule has 1 aliphatic rings. The molecule has 0 aromatic carbocycles. The number of aromatic amines is 1. The van der Waals surface area contributed by atoms with Crippen LogP contribution in [0, 0.1) is 11.3 Å². The fourth-order valence-electron chi connectivity index (χ4n) is 3.16. The molecule has 0 saturated heterocycles. The second-order valence-corrected chi connectivity index (χ2v) is 7.98. The van der Waals surface area contributed by atoms with Crippen molar-refractivity contribution in [1.29, 1.82) is 0 Å². The van der Waals surface area contributed by atoms with Crippen molar-refractivity contribution < 1.29 is 0 Å². The fourth-order valence-corrected chi connectivity index (χ4v) is 4.54. The Hall–Kier alpha value is -0.750. The second-order valence-electron chi connectivity index (χ2n) is 6.77. The molecule has 2 N–H and O–H groups in total. The summed E-state index contributed by atoms with van der Waals surface area (Å²) in [5.41, 5.74) is 0.245. The molecule has 1 aromatic rings. The minimum Gasteiger partial charge on any atom is -0.316 e. The Bertz CT molecular complexity index is 522. The van der Waals surface area contributed by atoms with Crippen LogP contribution in [0.3, 0.4) is 0 Å². The molecule has 0 amide bonds. The van der Waals surface area contributed by atoms with Crippen molar-refractivity contribution >= 4 is 11.8 Å². The van der Waals surface area contributed by atoms with E-state index in [9.17, 15) is 4.79 Å². The average Bonchev–Trinajstić information content (AvgIpc) is 2.79. The van der Waals surface area contributed by atoms with E-state index in [0.29, 0.717) is 16.7 Å². The van der Waals surface area contributed by atoms with Gasteiger partial charge in [0.05, 0.1) is 0 Å². The number of nitrogens with one attached hydrogen (secondary N) is 2. The number of rotatable bonds is 5. The molecule has 21 heavy (non-hydrogen) atoms. The summed E-state index contributed by atoms with van der Waals surface area (Å²) in [7, 11) is 3.81. The van der Waals surface area contributed by atoms with E-state index in [-0.39, 0.29) is 5.69 Å². The smallest absolute Gasteiger partial charge is 0.316 e. The topological polar surface area (TPSA) is 62.7 Å². The molecule has 5 nitrogen and oxygen atoms in total. The van der Waals surface area contributed by atoms with Gasteiger partial charge in [-0.05, 0) is 37.6 Å². The standard InChI is InChI=1S/C15H28N4OS/c1-6-15(2,3)10-7-8-11(16-4)12(9-10)21-14-18-17-13(20)19(14)5/h10-12,16H,6-9H2,1-5H3,(H,17,20). The lowest BCUT2D eigenvalue weighted by Crippen LogP contribution is -2.43. The van der Waals surface area contributed by atoms with E-state index in [2.05, 4.69) is 36.3 Å². The molecule has 6 heteroatoms. The van der Waals surface area contributed by atoms with Gasteiger partial charge in [0.15, 0.2) is 5.16 Å². The summed E-state index contributed by atoms with van der Waals surface area (Å²) in [5.74, 6) is 0.737. The number of hydrogen-bond donors (Lipinski definition) is 2. The molecule has 3 unspecified atom stereocenters. The van der Waals surface area contributed by atoms with Crippen molar-refractivity contribution in [1.82, 2.24) is 20.1 Å². The Morgan fingerprint density at radius 1 is 1.48 bits per heavy atom. The highest BCUT2D eigenvalue weighted by atomic mass is 32.2. The maximum absolute atomic E-state index is 11.5. The first-order valence-electron chi connectivity index (χ1n) is 7.84. The summed E-state index contributed by atoms with van der Waals surface area (Å²) in [6, 6.07) is 0.491. The lowest BCUT2D eigenvalue weighted by atomic mass is 9.68. The highest BCUT2D eigenvalue weighted by Crippen LogP contribution is 2.44. The Balaban J connectivity index is 2.14. The second kappa shape index (κ2) is 6.57. The largest absolute Gasteiger partial charge is 0.343 e. The zero-order valence-electron chi connectivity index (χ0n) is 13.8. The summed E-state index contributed by atoms with van der Waals surface area (Å²) in [4.78, 5) is 11.5. The predicted molar refractivity (Wildman–Crippen MR) is 87.7 cm³/mol. The molecule has 1 aliphatic carbocycles. The zero-order chi connectivity index (χ0) is 15.6. The van der Waals surface area contributed by atoms with Gasteiger partial charge >= 0.3 is 5.69 Å². The summed E-state index contributed by atoms with van der Waals surface area (Å²) in [6.45, 7) is 7.04. The van der Waals surface area contributed by atoms with Gasteiger partial charge in [0.1, 0.15) is 0 Å². The third-order valence-electron chi connectivity index (χ3n) is 5.27. The van der Waals surface area contributed by atoms with Crippen molar-refractivity contribution in [3.05, 3.63) is 10.5 Å². The number of H-pyrrole nitrogens is 1. The van der Waals surface area contributed by atoms with Crippen molar-refractivity contribution in [3.63, 3.8) is 0 Å². The van der Waals surface area contributed by atoms with E-state index < -0.39 is 0 Å². The van der Waals surface area contributed by atoms with Gasteiger partial charge in [-0.2, -0.15) is 0 Å². The van der Waals surface area contributed by atoms with Gasteiger partial charge in [-0.15, -0.1) is 5.10 Å². The van der Waals surface area contributed by atoms with Gasteiger partial charge in [-0.1, -0.05) is 39.0 Å². The van der Waals surface area contributed by atoms with E-state index in [1.165, 1.54) is 25.7 Å². The van der Waals surface area contributed by atoms with Crippen molar-refractivity contribution in [2.75, 3.05) is 7.05 Å². The Labute approximate surface area is 131 Å². The molecule has 1 saturated carbocycles. The SMILES string of the molecule is CCC(C)(C)C1CCC(NC)C(Sc2n[nH]c(=O)n2C)C1. The summed E-state index contributed by atoms with van der Waals surface area (Å²) in [5, 5.41) is 11.4. The quantitative estimate of drug-likeness (QED) is 0.876. The highest BCUT2D eigenvalue weighted by molar-refractivity contribution is 7.99. The Morgan fingerprint density at radius 2 is 2.19 bits per heavy atom. The minimum atomic E-state index is -0.139. The first kappa shape index (κ1) is 16.6. The zero-order valence-corrected chi connectivity index (χ0v) is 14.6. The van der Waals surface area contributed by atoms with Crippen LogP contribution >= 0.6 is 11.8 Å². The number of nitrogens with zero attached hydrogens (tertiary/aromatic N) is 2. The minimum absolute atomic E-state index is 0.139. The lowest BCUT2D eigenvalue weighted by Gasteiger charge is -2.42. The fraction of sp³-hybridized carbons (Fsp3) is 0.867. The first-order valence-corrected chi connectivity index (χ1v) is 8.72. The van der Waals surface area contributed by atoms with Gasteiger partial charge in [0, 0.05) is 18.3 Å². The molecule has 1 aromatic heterocycles.